The lowest BCUT2D eigenvalue weighted by molar-refractivity contribution is -0.384. The van der Waals surface area contributed by atoms with Gasteiger partial charge in [0, 0.05) is 48.4 Å². The van der Waals surface area contributed by atoms with E-state index in [1.54, 1.807) is 36.4 Å². The molecule has 1 heterocycles. The number of halogens is 1. The van der Waals surface area contributed by atoms with Crippen LogP contribution in [0.15, 0.2) is 82.2 Å². The maximum absolute atomic E-state index is 13.0. The van der Waals surface area contributed by atoms with Gasteiger partial charge < -0.3 is 10.2 Å². The third-order valence-electron chi connectivity index (χ3n) is 6.34. The van der Waals surface area contributed by atoms with Gasteiger partial charge in [0.15, 0.2) is 0 Å². The molecular formula is C26H29BrN4O4S. The first-order chi connectivity index (χ1) is 17.2. The van der Waals surface area contributed by atoms with Crippen molar-refractivity contribution in [1.29, 1.82) is 0 Å². The van der Waals surface area contributed by atoms with Gasteiger partial charge in [-0.15, -0.1) is 0 Å². The summed E-state index contributed by atoms with van der Waals surface area (Å²) in [4.78, 5) is 13.6. The molecule has 0 saturated carbocycles. The van der Waals surface area contributed by atoms with E-state index in [-0.39, 0.29) is 21.5 Å². The average Bonchev–Trinajstić information content (AvgIpc) is 2.88. The number of nitro benzene ring substituents is 1. The van der Waals surface area contributed by atoms with E-state index in [0.29, 0.717) is 31.9 Å². The highest BCUT2D eigenvalue weighted by molar-refractivity contribution is 9.10. The SMILES string of the molecule is CC(CCc1ccccc1)Nc1cc(N2CCN(S(=O)(=O)c3ccc(Br)cc3)CC2)ccc1[N+](=O)[O-]. The molecule has 1 N–H and O–H groups in total. The number of nitrogens with one attached hydrogen (secondary N) is 1. The van der Waals surface area contributed by atoms with Crippen molar-refractivity contribution in [3.05, 3.63) is 92.9 Å². The normalized spacial score (nSPS) is 15.4. The average molecular weight is 574 g/mol. The highest BCUT2D eigenvalue weighted by Crippen LogP contribution is 2.31. The van der Waals surface area contributed by atoms with Crippen LogP contribution in [0.25, 0.3) is 0 Å². The molecule has 0 bridgehead atoms. The van der Waals surface area contributed by atoms with Crippen molar-refractivity contribution in [2.45, 2.75) is 30.7 Å². The summed E-state index contributed by atoms with van der Waals surface area (Å²) < 4.78 is 28.3. The fourth-order valence-electron chi connectivity index (χ4n) is 4.30. The van der Waals surface area contributed by atoms with E-state index < -0.39 is 10.0 Å². The molecule has 3 aromatic rings. The highest BCUT2D eigenvalue weighted by Gasteiger charge is 2.29. The minimum absolute atomic E-state index is 0.0294. The standard InChI is InChI=1S/C26H29BrN4O4S/c1-20(7-8-21-5-3-2-4-6-21)28-25-19-23(11-14-26(25)31(32)33)29-15-17-30(18-16-29)36(34,35)24-12-9-22(27)10-13-24/h2-6,9-14,19-20,28H,7-8,15-18H2,1H3. The summed E-state index contributed by atoms with van der Waals surface area (Å²) in [5.74, 6) is 0. The Balaban J connectivity index is 1.43. The summed E-state index contributed by atoms with van der Waals surface area (Å²) in [5, 5.41) is 15.0. The Labute approximate surface area is 220 Å². The minimum atomic E-state index is -3.57. The molecule has 0 aliphatic carbocycles. The summed E-state index contributed by atoms with van der Waals surface area (Å²) in [6.45, 7) is 3.69. The number of hydrogen-bond acceptors (Lipinski definition) is 6. The fourth-order valence-corrected chi connectivity index (χ4v) is 5.99. The van der Waals surface area contributed by atoms with E-state index in [2.05, 4.69) is 38.3 Å². The Kier molecular flexibility index (Phi) is 8.28. The Hall–Kier alpha value is -2.95. The molecule has 1 atom stereocenters. The zero-order valence-corrected chi connectivity index (χ0v) is 22.4. The van der Waals surface area contributed by atoms with Gasteiger partial charge in [0.05, 0.1) is 9.82 Å². The zero-order chi connectivity index (χ0) is 25.7. The van der Waals surface area contributed by atoms with Crippen LogP contribution in [0.3, 0.4) is 0 Å². The van der Waals surface area contributed by atoms with E-state index >= 15 is 0 Å². The quantitative estimate of drug-likeness (QED) is 0.276. The van der Waals surface area contributed by atoms with Gasteiger partial charge in [-0.2, -0.15) is 4.31 Å². The fraction of sp³-hybridized carbons (Fsp3) is 0.308. The van der Waals surface area contributed by atoms with Gasteiger partial charge in [-0.3, -0.25) is 10.1 Å². The third-order valence-corrected chi connectivity index (χ3v) is 8.78. The summed E-state index contributed by atoms with van der Waals surface area (Å²) >= 11 is 3.33. The van der Waals surface area contributed by atoms with E-state index in [9.17, 15) is 18.5 Å². The van der Waals surface area contributed by atoms with E-state index in [0.717, 1.165) is 23.0 Å². The first kappa shape index (κ1) is 26.1. The smallest absolute Gasteiger partial charge is 0.292 e. The van der Waals surface area contributed by atoms with Gasteiger partial charge in [0.25, 0.3) is 5.69 Å². The topological polar surface area (TPSA) is 95.8 Å². The molecule has 190 valence electrons. The Morgan fingerprint density at radius 2 is 1.67 bits per heavy atom. The second kappa shape index (κ2) is 11.4. The van der Waals surface area contributed by atoms with Gasteiger partial charge in [-0.25, -0.2) is 8.42 Å². The molecule has 0 amide bonds. The van der Waals surface area contributed by atoms with Gasteiger partial charge >= 0.3 is 0 Å². The molecule has 0 aromatic heterocycles. The van der Waals surface area contributed by atoms with Crippen molar-refractivity contribution >= 4 is 43.0 Å². The highest BCUT2D eigenvalue weighted by atomic mass is 79.9. The maximum Gasteiger partial charge on any atom is 0.292 e. The Morgan fingerprint density at radius 1 is 1.00 bits per heavy atom. The van der Waals surface area contributed by atoms with Gasteiger partial charge in [0.2, 0.25) is 10.0 Å². The van der Waals surface area contributed by atoms with Crippen LogP contribution in [0.5, 0.6) is 0 Å². The summed E-state index contributed by atoms with van der Waals surface area (Å²) in [6.07, 6.45) is 1.70. The monoisotopic (exact) mass is 572 g/mol. The van der Waals surface area contributed by atoms with Crippen molar-refractivity contribution in [3.63, 3.8) is 0 Å². The van der Waals surface area contributed by atoms with E-state index in [1.807, 2.05) is 25.1 Å². The number of nitro groups is 1. The van der Waals surface area contributed by atoms with Gasteiger partial charge in [0.1, 0.15) is 5.69 Å². The van der Waals surface area contributed by atoms with Crippen LogP contribution < -0.4 is 10.2 Å². The van der Waals surface area contributed by atoms with Gasteiger partial charge in [-0.05, 0) is 61.7 Å². The lowest BCUT2D eigenvalue weighted by Crippen LogP contribution is -2.48. The molecule has 1 unspecified atom stereocenters. The van der Waals surface area contributed by atoms with Gasteiger partial charge in [-0.1, -0.05) is 46.3 Å². The zero-order valence-electron chi connectivity index (χ0n) is 20.0. The molecule has 1 saturated heterocycles. The predicted molar refractivity (Wildman–Crippen MR) is 146 cm³/mol. The molecule has 0 spiro atoms. The number of benzene rings is 3. The molecule has 3 aromatic carbocycles. The molecule has 4 rings (SSSR count). The largest absolute Gasteiger partial charge is 0.377 e. The van der Waals surface area contributed by atoms with Crippen LogP contribution in [0.2, 0.25) is 0 Å². The summed E-state index contributed by atoms with van der Waals surface area (Å²) in [5.41, 5.74) is 2.56. The first-order valence-electron chi connectivity index (χ1n) is 11.8. The number of anilines is 2. The second-order valence-corrected chi connectivity index (χ2v) is 11.7. The van der Waals surface area contributed by atoms with E-state index in [1.165, 1.54) is 15.9 Å². The molecule has 1 fully saturated rings. The van der Waals surface area contributed by atoms with Crippen molar-refractivity contribution in [2.24, 2.45) is 0 Å². The van der Waals surface area contributed by atoms with E-state index in [4.69, 9.17) is 0 Å². The van der Waals surface area contributed by atoms with Crippen LogP contribution in [-0.4, -0.2) is 49.9 Å². The molecular weight excluding hydrogens is 544 g/mol. The number of piperazine rings is 1. The number of sulfonamides is 1. The van der Waals surface area contributed by atoms with Crippen molar-refractivity contribution in [1.82, 2.24) is 4.31 Å². The summed E-state index contributed by atoms with van der Waals surface area (Å²) in [6, 6.07) is 21.9. The second-order valence-electron chi connectivity index (χ2n) is 8.87. The molecule has 1 aliphatic rings. The molecule has 10 heteroatoms. The Morgan fingerprint density at radius 3 is 2.31 bits per heavy atom. The first-order valence-corrected chi connectivity index (χ1v) is 14.1. The molecule has 0 radical (unpaired) electrons. The number of rotatable bonds is 9. The van der Waals surface area contributed by atoms with Crippen LogP contribution in [0, 0.1) is 10.1 Å². The lowest BCUT2D eigenvalue weighted by atomic mass is 10.1. The lowest BCUT2D eigenvalue weighted by Gasteiger charge is -2.35. The van der Waals surface area contributed by atoms with Crippen LogP contribution in [0.4, 0.5) is 17.1 Å². The molecule has 1 aliphatic heterocycles. The van der Waals surface area contributed by atoms with Crippen molar-refractivity contribution in [3.8, 4) is 0 Å². The van der Waals surface area contributed by atoms with Crippen LogP contribution in [0.1, 0.15) is 18.9 Å². The Bertz CT molecular complexity index is 1300. The predicted octanol–water partition coefficient (Wildman–Crippen LogP) is 5.30. The van der Waals surface area contributed by atoms with Crippen molar-refractivity contribution in [2.75, 3.05) is 36.4 Å². The number of aryl methyl sites for hydroxylation is 1. The molecule has 36 heavy (non-hydrogen) atoms. The molecule has 8 nitrogen and oxygen atoms in total. The maximum atomic E-state index is 13.0. The number of nitrogens with zero attached hydrogens (tertiary/aromatic N) is 3. The van der Waals surface area contributed by atoms with Crippen LogP contribution >= 0.6 is 15.9 Å². The third kappa shape index (κ3) is 6.24. The number of hydrogen-bond donors (Lipinski definition) is 1. The van der Waals surface area contributed by atoms with Crippen molar-refractivity contribution < 1.29 is 13.3 Å². The minimum Gasteiger partial charge on any atom is -0.377 e. The van der Waals surface area contributed by atoms with Crippen LogP contribution in [-0.2, 0) is 16.4 Å². The summed E-state index contributed by atoms with van der Waals surface area (Å²) in [7, 11) is -3.57.